The zero-order chi connectivity index (χ0) is 22.1. The minimum atomic E-state index is 0. The molecule has 0 unspecified atom stereocenters. The van der Waals surface area contributed by atoms with Crippen molar-refractivity contribution >= 4 is 11.5 Å². The van der Waals surface area contributed by atoms with Gasteiger partial charge >= 0.3 is 0 Å². The fraction of sp³-hybridized carbons (Fsp3) is 0.115. The number of benzene rings is 3. The van der Waals surface area contributed by atoms with Crippen LogP contribution in [-0.2, 0) is 28.1 Å². The van der Waals surface area contributed by atoms with E-state index in [9.17, 15) is 0 Å². The molecule has 0 aliphatic carbocycles. The number of amidine groups is 1. The summed E-state index contributed by atoms with van der Waals surface area (Å²) in [6.45, 7) is 3.86. The van der Waals surface area contributed by atoms with Gasteiger partial charge < -0.3 is 14.6 Å². The van der Waals surface area contributed by atoms with Crippen molar-refractivity contribution in [3.05, 3.63) is 91.6 Å². The Morgan fingerprint density at radius 1 is 0.879 bits per heavy atom. The Bertz CT molecular complexity index is 1280. The van der Waals surface area contributed by atoms with Crippen LogP contribution in [0.1, 0.15) is 6.92 Å². The van der Waals surface area contributed by atoms with E-state index in [1.807, 2.05) is 91.9 Å². The van der Waals surface area contributed by atoms with Crippen molar-refractivity contribution in [2.75, 3.05) is 12.1 Å². The number of nitrogens with zero attached hydrogens (tertiary/aromatic N) is 5. The Hall–Kier alpha value is -3.37. The molecule has 170 valence electrons. The third-order valence-corrected chi connectivity index (χ3v) is 5.26. The number of aromatic nitrogens is 2. The van der Waals surface area contributed by atoms with E-state index in [0.29, 0.717) is 11.5 Å². The first-order chi connectivity index (χ1) is 15.6. The monoisotopic (exact) mass is 615 g/mol. The Balaban J connectivity index is 0.00000259. The van der Waals surface area contributed by atoms with Gasteiger partial charge in [0.05, 0.1) is 11.5 Å². The van der Waals surface area contributed by atoms with Crippen molar-refractivity contribution in [2.45, 2.75) is 6.92 Å². The van der Waals surface area contributed by atoms with E-state index < -0.39 is 0 Å². The number of anilines is 1. The van der Waals surface area contributed by atoms with E-state index in [4.69, 9.17) is 4.74 Å². The van der Waals surface area contributed by atoms with Gasteiger partial charge in [-0.3, -0.25) is 4.68 Å². The van der Waals surface area contributed by atoms with E-state index in [1.54, 1.807) is 5.01 Å². The van der Waals surface area contributed by atoms with Crippen LogP contribution in [-0.4, -0.2) is 27.6 Å². The number of aryl methyl sites for hydroxylation is 1. The summed E-state index contributed by atoms with van der Waals surface area (Å²) in [5.41, 5.74) is 4.68. The normalized spacial score (nSPS) is 13.0. The number of hydrogen-bond donors (Lipinski definition) is 0. The first kappa shape index (κ1) is 22.8. The summed E-state index contributed by atoms with van der Waals surface area (Å²) in [7, 11) is 3.91. The zero-order valence-corrected chi connectivity index (χ0v) is 20.7. The first-order valence-corrected chi connectivity index (χ1v) is 10.3. The topological polar surface area (TPSA) is 45.9 Å². The smallest absolute Gasteiger partial charge is 0.0908 e. The molecule has 0 atom stereocenters. The Morgan fingerprint density at radius 2 is 1.61 bits per heavy atom. The zero-order valence-electron chi connectivity index (χ0n) is 18.5. The standard InChI is InChI=1S/C26H22N5O.Pt/c1-19-27-31(18-29(19)2)22-12-8-14-24(16-22)32-23-13-7-11-21(15-23)25-17-26(30(3)28-25)20-9-5-4-6-10-20;/h4-14,17-18H,1-3H3;/q-3;. The molecule has 7 heteroatoms. The van der Waals surface area contributed by atoms with Crippen molar-refractivity contribution in [2.24, 2.45) is 12.1 Å². The molecule has 0 N–H and O–H groups in total. The maximum atomic E-state index is 6.07. The molecule has 5 rings (SSSR count). The molecule has 1 aromatic heterocycles. The molecule has 33 heavy (non-hydrogen) atoms. The van der Waals surface area contributed by atoms with Crippen molar-refractivity contribution in [1.82, 2.24) is 14.7 Å². The largest absolute Gasteiger partial charge is 0.503 e. The van der Waals surface area contributed by atoms with Crippen LogP contribution in [0.15, 0.2) is 77.9 Å². The van der Waals surface area contributed by atoms with E-state index in [1.165, 1.54) is 0 Å². The third-order valence-electron chi connectivity index (χ3n) is 5.26. The quantitative estimate of drug-likeness (QED) is 0.284. The molecule has 3 aromatic carbocycles. The number of rotatable bonds is 5. The van der Waals surface area contributed by atoms with Gasteiger partial charge in [-0.05, 0) is 19.5 Å². The van der Waals surface area contributed by atoms with Crippen LogP contribution in [0, 0.1) is 18.8 Å². The summed E-state index contributed by atoms with van der Waals surface area (Å²) in [5, 5.41) is 10.9. The van der Waals surface area contributed by atoms with Gasteiger partial charge in [-0.15, -0.1) is 48.6 Å². The molecular formula is C26H22N5OPt-3. The van der Waals surface area contributed by atoms with Gasteiger partial charge in [0.2, 0.25) is 0 Å². The van der Waals surface area contributed by atoms with E-state index in [0.717, 1.165) is 34.0 Å². The second kappa shape index (κ2) is 9.63. The van der Waals surface area contributed by atoms with Crippen LogP contribution in [0.25, 0.3) is 22.5 Å². The maximum Gasteiger partial charge on any atom is 0.0908 e. The molecule has 0 bridgehead atoms. The molecule has 1 aliphatic heterocycles. The van der Waals surface area contributed by atoms with E-state index in [-0.39, 0.29) is 21.1 Å². The maximum absolute atomic E-state index is 6.07. The minimum absolute atomic E-state index is 0. The van der Waals surface area contributed by atoms with Crippen molar-refractivity contribution < 1.29 is 25.8 Å². The third kappa shape index (κ3) is 4.86. The molecule has 0 saturated heterocycles. The van der Waals surface area contributed by atoms with Crippen LogP contribution < -0.4 is 9.75 Å². The van der Waals surface area contributed by atoms with E-state index >= 15 is 0 Å². The molecule has 0 saturated carbocycles. The second-order valence-electron chi connectivity index (χ2n) is 7.55. The molecule has 0 fully saturated rings. The average molecular weight is 616 g/mol. The predicted octanol–water partition coefficient (Wildman–Crippen LogP) is 5.35. The second-order valence-corrected chi connectivity index (χ2v) is 7.55. The van der Waals surface area contributed by atoms with Gasteiger partial charge in [0.1, 0.15) is 0 Å². The predicted molar refractivity (Wildman–Crippen MR) is 126 cm³/mol. The average Bonchev–Trinajstić information content (AvgIpc) is 3.37. The Kier molecular flexibility index (Phi) is 6.66. The summed E-state index contributed by atoms with van der Waals surface area (Å²) < 4.78 is 7.95. The molecular weight excluding hydrogens is 593 g/mol. The van der Waals surface area contributed by atoms with Gasteiger partial charge in [-0.2, -0.15) is 11.2 Å². The SMILES string of the molecule is CC1=NN(c2[c-]c(Oc3[c-]c(-c4cc(-c5ccccc5)n(C)n4)ccc3)ccc2)[CH-]N1C.[Pt]. The summed E-state index contributed by atoms with van der Waals surface area (Å²) in [5.74, 6) is 2.11. The van der Waals surface area contributed by atoms with Crippen LogP contribution in [0.3, 0.4) is 0 Å². The minimum Gasteiger partial charge on any atom is -0.503 e. The van der Waals surface area contributed by atoms with Crippen molar-refractivity contribution in [3.8, 4) is 34.0 Å². The van der Waals surface area contributed by atoms with Gasteiger partial charge in [0, 0.05) is 45.3 Å². The fourth-order valence-electron chi connectivity index (χ4n) is 3.50. The molecule has 0 spiro atoms. The Morgan fingerprint density at radius 3 is 2.33 bits per heavy atom. The molecule has 0 amide bonds. The van der Waals surface area contributed by atoms with Crippen LogP contribution in [0.2, 0.25) is 0 Å². The molecule has 4 aromatic rings. The molecule has 1 aliphatic rings. The van der Waals surface area contributed by atoms with Crippen molar-refractivity contribution in [3.63, 3.8) is 0 Å². The molecule has 2 heterocycles. The van der Waals surface area contributed by atoms with Gasteiger partial charge in [-0.25, -0.2) is 5.10 Å². The Labute approximate surface area is 208 Å². The van der Waals surface area contributed by atoms with Gasteiger partial charge in [0.15, 0.2) is 0 Å². The summed E-state index contributed by atoms with van der Waals surface area (Å²) in [6, 6.07) is 30.4. The number of ether oxygens (including phenoxy) is 1. The fourth-order valence-corrected chi connectivity index (χ4v) is 3.50. The number of hydrogen-bond acceptors (Lipinski definition) is 5. The summed E-state index contributed by atoms with van der Waals surface area (Å²) in [4.78, 5) is 1.95. The van der Waals surface area contributed by atoms with Crippen LogP contribution in [0.5, 0.6) is 11.5 Å². The van der Waals surface area contributed by atoms with Crippen molar-refractivity contribution in [1.29, 1.82) is 0 Å². The van der Waals surface area contributed by atoms with Gasteiger partial charge in [-0.1, -0.05) is 48.2 Å². The van der Waals surface area contributed by atoms with Gasteiger partial charge in [0.25, 0.3) is 0 Å². The molecule has 0 radical (unpaired) electrons. The first-order valence-electron chi connectivity index (χ1n) is 10.3. The summed E-state index contributed by atoms with van der Waals surface area (Å²) >= 11 is 0. The molecule has 6 nitrogen and oxygen atoms in total. The summed E-state index contributed by atoms with van der Waals surface area (Å²) in [6.07, 6.45) is 0. The van der Waals surface area contributed by atoms with Crippen LogP contribution >= 0.6 is 0 Å². The van der Waals surface area contributed by atoms with Crippen LogP contribution in [0.4, 0.5) is 5.69 Å². The number of hydrazone groups is 1. The van der Waals surface area contributed by atoms with E-state index in [2.05, 4.69) is 40.5 Å².